The highest BCUT2D eigenvalue weighted by atomic mass is 16.5. The maximum Gasteiger partial charge on any atom is 0.229 e. The number of nitrogens with zero attached hydrogens (tertiary/aromatic N) is 2. The topological polar surface area (TPSA) is 64.9 Å². The van der Waals surface area contributed by atoms with Crippen molar-refractivity contribution in [2.45, 2.75) is 13.3 Å². The van der Waals surface area contributed by atoms with Crippen molar-refractivity contribution in [2.24, 2.45) is 0 Å². The Morgan fingerprint density at radius 1 is 1.03 bits per heavy atom. The first-order chi connectivity index (χ1) is 14.6. The van der Waals surface area contributed by atoms with E-state index < -0.39 is 0 Å². The van der Waals surface area contributed by atoms with Gasteiger partial charge in [-0.25, -0.2) is 4.98 Å². The van der Waals surface area contributed by atoms with Crippen LogP contribution in [-0.4, -0.2) is 29.5 Å². The number of para-hydroxylation sites is 1. The number of hydrogen-bond donors (Lipinski definition) is 1. The van der Waals surface area contributed by atoms with E-state index in [2.05, 4.69) is 5.32 Å². The van der Waals surface area contributed by atoms with Crippen LogP contribution in [0.15, 0.2) is 67.0 Å². The van der Waals surface area contributed by atoms with Gasteiger partial charge in [-0.15, -0.1) is 0 Å². The molecular formula is C24H23N3O3. The number of amides is 1. The molecule has 0 bridgehead atoms. The van der Waals surface area contributed by atoms with E-state index >= 15 is 0 Å². The average Bonchev–Trinajstić information content (AvgIpc) is 3.20. The summed E-state index contributed by atoms with van der Waals surface area (Å²) in [6.45, 7) is 2.03. The fourth-order valence-corrected chi connectivity index (χ4v) is 3.47. The molecule has 2 aromatic heterocycles. The van der Waals surface area contributed by atoms with Gasteiger partial charge < -0.3 is 19.2 Å². The molecule has 0 aliphatic heterocycles. The van der Waals surface area contributed by atoms with Crippen LogP contribution in [0.25, 0.3) is 16.9 Å². The van der Waals surface area contributed by atoms with E-state index in [4.69, 9.17) is 14.5 Å². The molecule has 30 heavy (non-hydrogen) atoms. The summed E-state index contributed by atoms with van der Waals surface area (Å²) >= 11 is 0. The normalized spacial score (nSPS) is 10.8. The summed E-state index contributed by atoms with van der Waals surface area (Å²) in [5, 5.41) is 2.96. The van der Waals surface area contributed by atoms with Gasteiger partial charge in [-0.1, -0.05) is 24.3 Å². The molecule has 0 atom stereocenters. The zero-order chi connectivity index (χ0) is 21.1. The molecule has 6 heteroatoms. The smallest absolute Gasteiger partial charge is 0.229 e. The van der Waals surface area contributed by atoms with Crippen molar-refractivity contribution in [1.29, 1.82) is 0 Å². The minimum atomic E-state index is -0.152. The summed E-state index contributed by atoms with van der Waals surface area (Å²) in [7, 11) is 3.18. The van der Waals surface area contributed by atoms with Crippen LogP contribution in [0, 0.1) is 6.92 Å². The molecule has 1 amide bonds. The number of imidazole rings is 1. The molecule has 6 nitrogen and oxygen atoms in total. The lowest BCUT2D eigenvalue weighted by molar-refractivity contribution is -0.115. The molecule has 0 unspecified atom stereocenters. The van der Waals surface area contributed by atoms with E-state index in [1.807, 2.05) is 78.3 Å². The largest absolute Gasteiger partial charge is 0.496 e. The van der Waals surface area contributed by atoms with Gasteiger partial charge in [0, 0.05) is 23.5 Å². The molecule has 2 heterocycles. The van der Waals surface area contributed by atoms with Crippen molar-refractivity contribution in [2.75, 3.05) is 19.5 Å². The summed E-state index contributed by atoms with van der Waals surface area (Å²) in [6, 6.07) is 17.2. The number of pyridine rings is 1. The van der Waals surface area contributed by atoms with Crippen LogP contribution < -0.4 is 14.8 Å². The first-order valence-corrected chi connectivity index (χ1v) is 9.63. The molecule has 0 radical (unpaired) electrons. The molecule has 0 aliphatic rings. The Morgan fingerprint density at radius 2 is 1.83 bits per heavy atom. The highest BCUT2D eigenvalue weighted by Gasteiger charge is 2.14. The molecule has 4 aromatic rings. The molecule has 0 saturated heterocycles. The molecule has 4 rings (SSSR count). The Balaban J connectivity index is 1.62. The van der Waals surface area contributed by atoms with Crippen LogP contribution in [0.3, 0.4) is 0 Å². The van der Waals surface area contributed by atoms with Gasteiger partial charge in [-0.2, -0.15) is 0 Å². The predicted molar refractivity (Wildman–Crippen MR) is 117 cm³/mol. The van der Waals surface area contributed by atoms with Crippen LogP contribution in [-0.2, 0) is 11.2 Å². The van der Waals surface area contributed by atoms with E-state index in [0.29, 0.717) is 17.2 Å². The number of benzene rings is 2. The van der Waals surface area contributed by atoms with Gasteiger partial charge in [-0.05, 0) is 42.8 Å². The highest BCUT2D eigenvalue weighted by molar-refractivity contribution is 5.94. The molecule has 1 N–H and O–H groups in total. The van der Waals surface area contributed by atoms with Gasteiger partial charge in [-0.3, -0.25) is 4.79 Å². The Hall–Kier alpha value is -3.80. The summed E-state index contributed by atoms with van der Waals surface area (Å²) in [6.07, 6.45) is 4.15. The number of ether oxygens (including phenoxy) is 2. The summed E-state index contributed by atoms with van der Waals surface area (Å²) in [4.78, 5) is 17.5. The van der Waals surface area contributed by atoms with Crippen molar-refractivity contribution < 1.29 is 14.3 Å². The number of fused-ring (bicyclic) bond motifs is 1. The molecule has 0 aliphatic carbocycles. The van der Waals surface area contributed by atoms with Crippen molar-refractivity contribution in [3.05, 3.63) is 78.1 Å². The van der Waals surface area contributed by atoms with Crippen LogP contribution in [0.1, 0.15) is 11.1 Å². The Morgan fingerprint density at radius 3 is 2.60 bits per heavy atom. The third kappa shape index (κ3) is 3.85. The highest BCUT2D eigenvalue weighted by Crippen LogP contribution is 2.31. The van der Waals surface area contributed by atoms with Gasteiger partial charge in [0.1, 0.15) is 17.1 Å². The third-order valence-electron chi connectivity index (χ3n) is 4.99. The van der Waals surface area contributed by atoms with Gasteiger partial charge in [0.25, 0.3) is 0 Å². The first-order valence-electron chi connectivity index (χ1n) is 9.63. The standard InChI is InChI=1S/C24H23N3O3/c1-16-7-6-12-27-15-20(26-24(16)27)17-10-11-22(30-3)19(13-17)25-23(28)14-18-8-4-5-9-21(18)29-2/h4-13,15H,14H2,1-3H3,(H,25,28). The monoisotopic (exact) mass is 401 g/mol. The summed E-state index contributed by atoms with van der Waals surface area (Å²) in [5.41, 5.74) is 5.15. The van der Waals surface area contributed by atoms with E-state index in [9.17, 15) is 4.79 Å². The number of carbonyl (C=O) groups is 1. The van der Waals surface area contributed by atoms with Crippen LogP contribution in [0.5, 0.6) is 11.5 Å². The number of hydrogen-bond acceptors (Lipinski definition) is 4. The van der Waals surface area contributed by atoms with Crippen molar-refractivity contribution in [1.82, 2.24) is 9.38 Å². The van der Waals surface area contributed by atoms with Gasteiger partial charge in [0.2, 0.25) is 5.91 Å². The quantitative estimate of drug-likeness (QED) is 0.516. The fourth-order valence-electron chi connectivity index (χ4n) is 3.47. The predicted octanol–water partition coefficient (Wildman–Crippen LogP) is 4.51. The third-order valence-corrected chi connectivity index (χ3v) is 4.99. The second kappa shape index (κ2) is 8.29. The van der Waals surface area contributed by atoms with Crippen molar-refractivity contribution >= 4 is 17.2 Å². The first kappa shape index (κ1) is 19.5. The molecule has 0 spiro atoms. The van der Waals surface area contributed by atoms with E-state index in [-0.39, 0.29) is 12.3 Å². The maximum atomic E-state index is 12.7. The number of methoxy groups -OCH3 is 2. The summed E-state index contributed by atoms with van der Waals surface area (Å²) < 4.78 is 12.8. The van der Waals surface area contributed by atoms with Crippen molar-refractivity contribution in [3.63, 3.8) is 0 Å². The number of aromatic nitrogens is 2. The minimum Gasteiger partial charge on any atom is -0.496 e. The van der Waals surface area contributed by atoms with Gasteiger partial charge >= 0.3 is 0 Å². The SMILES string of the molecule is COc1ccccc1CC(=O)Nc1cc(-c2cn3cccc(C)c3n2)ccc1OC. The Labute approximate surface area is 175 Å². The molecule has 152 valence electrons. The number of nitrogens with one attached hydrogen (secondary N) is 1. The molecule has 0 fully saturated rings. The zero-order valence-electron chi connectivity index (χ0n) is 17.2. The second-order valence-corrected chi connectivity index (χ2v) is 7.00. The Bertz CT molecular complexity index is 1210. The lowest BCUT2D eigenvalue weighted by Crippen LogP contribution is -2.15. The fraction of sp³-hybridized carbons (Fsp3) is 0.167. The number of aryl methyl sites for hydroxylation is 1. The lowest BCUT2D eigenvalue weighted by atomic mass is 10.1. The maximum absolute atomic E-state index is 12.7. The van der Waals surface area contributed by atoms with Crippen LogP contribution in [0.4, 0.5) is 5.69 Å². The summed E-state index contributed by atoms with van der Waals surface area (Å²) in [5.74, 6) is 1.13. The molecule has 0 saturated carbocycles. The van der Waals surface area contributed by atoms with Crippen molar-refractivity contribution in [3.8, 4) is 22.8 Å². The van der Waals surface area contributed by atoms with E-state index in [1.54, 1.807) is 14.2 Å². The number of carbonyl (C=O) groups excluding carboxylic acids is 1. The van der Waals surface area contributed by atoms with E-state index in [1.165, 1.54) is 0 Å². The zero-order valence-corrected chi connectivity index (χ0v) is 17.2. The molecule has 2 aromatic carbocycles. The minimum absolute atomic E-state index is 0.152. The molecular weight excluding hydrogens is 378 g/mol. The lowest BCUT2D eigenvalue weighted by Gasteiger charge is -2.12. The van der Waals surface area contributed by atoms with Gasteiger partial charge in [0.15, 0.2) is 0 Å². The van der Waals surface area contributed by atoms with Crippen LogP contribution in [0.2, 0.25) is 0 Å². The number of anilines is 1. The number of rotatable bonds is 6. The second-order valence-electron chi connectivity index (χ2n) is 7.00. The van der Waals surface area contributed by atoms with Crippen LogP contribution >= 0.6 is 0 Å². The van der Waals surface area contributed by atoms with E-state index in [0.717, 1.165) is 28.0 Å². The Kier molecular flexibility index (Phi) is 5.39. The van der Waals surface area contributed by atoms with Gasteiger partial charge in [0.05, 0.1) is 32.0 Å². The average molecular weight is 401 g/mol.